The van der Waals surface area contributed by atoms with Gasteiger partial charge in [-0.25, -0.2) is 9.18 Å². The molecule has 2 rings (SSSR count). The molecular weight excluding hydrogens is 283 g/mol. The van der Waals surface area contributed by atoms with E-state index in [1.807, 2.05) is 44.7 Å². The average Bonchev–Trinajstić information content (AvgIpc) is 2.38. The zero-order chi connectivity index (χ0) is 16.3. The van der Waals surface area contributed by atoms with Gasteiger partial charge in [-0.2, -0.15) is 0 Å². The average molecular weight is 308 g/mol. The van der Waals surface area contributed by atoms with E-state index >= 15 is 0 Å². The molecule has 1 fully saturated rings. The summed E-state index contributed by atoms with van der Waals surface area (Å²) in [7, 11) is 0. The van der Waals surface area contributed by atoms with Crippen LogP contribution < -0.4 is 10.2 Å². The summed E-state index contributed by atoms with van der Waals surface area (Å²) in [6.07, 6.45) is 1.19. The molecule has 1 aliphatic rings. The van der Waals surface area contributed by atoms with Crippen LogP contribution in [-0.4, -0.2) is 30.8 Å². The molecule has 1 aromatic rings. The van der Waals surface area contributed by atoms with Crippen LogP contribution in [0.3, 0.4) is 0 Å². The number of amides is 1. The summed E-state index contributed by atoms with van der Waals surface area (Å²) in [6, 6.07) is 5.38. The fourth-order valence-corrected chi connectivity index (χ4v) is 2.61. The lowest BCUT2D eigenvalue weighted by Crippen LogP contribution is -2.46. The van der Waals surface area contributed by atoms with Crippen LogP contribution in [0.2, 0.25) is 0 Å². The van der Waals surface area contributed by atoms with E-state index in [9.17, 15) is 9.18 Å². The first-order chi connectivity index (χ1) is 10.2. The summed E-state index contributed by atoms with van der Waals surface area (Å²) in [5, 5.41) is 2.89. The summed E-state index contributed by atoms with van der Waals surface area (Å²) in [5.74, 6) is -0.182. The maximum absolute atomic E-state index is 14.0. The molecule has 5 heteroatoms. The summed E-state index contributed by atoms with van der Waals surface area (Å²) < 4.78 is 19.3. The van der Waals surface area contributed by atoms with Crippen LogP contribution in [0.1, 0.15) is 39.2 Å². The molecule has 1 aliphatic heterocycles. The van der Waals surface area contributed by atoms with Gasteiger partial charge >= 0.3 is 6.09 Å². The molecule has 0 radical (unpaired) electrons. The van der Waals surface area contributed by atoms with E-state index in [0.717, 1.165) is 31.5 Å². The largest absolute Gasteiger partial charge is 0.444 e. The number of hydrogen-bond donors (Lipinski definition) is 1. The number of alkyl carbamates (subject to hydrolysis) is 1. The van der Waals surface area contributed by atoms with Crippen molar-refractivity contribution in [3.05, 3.63) is 29.6 Å². The van der Waals surface area contributed by atoms with Crippen LogP contribution in [0, 0.1) is 12.7 Å². The Morgan fingerprint density at radius 1 is 1.32 bits per heavy atom. The smallest absolute Gasteiger partial charge is 0.407 e. The fraction of sp³-hybridized carbons (Fsp3) is 0.588. The van der Waals surface area contributed by atoms with E-state index in [0.29, 0.717) is 5.69 Å². The number of anilines is 1. The number of piperidine rings is 1. The van der Waals surface area contributed by atoms with Crippen LogP contribution in [0.5, 0.6) is 0 Å². The van der Waals surface area contributed by atoms with Gasteiger partial charge in [-0.1, -0.05) is 6.07 Å². The molecule has 0 aromatic heterocycles. The number of carbonyl (C=O) groups is 1. The summed E-state index contributed by atoms with van der Waals surface area (Å²) in [4.78, 5) is 13.8. The number of nitrogens with zero attached hydrogens (tertiary/aromatic N) is 1. The fourth-order valence-electron chi connectivity index (χ4n) is 2.61. The van der Waals surface area contributed by atoms with Crippen LogP contribution in [0.25, 0.3) is 0 Å². The Kier molecular flexibility index (Phi) is 4.94. The van der Waals surface area contributed by atoms with Gasteiger partial charge in [0.05, 0.1) is 5.69 Å². The van der Waals surface area contributed by atoms with Gasteiger partial charge < -0.3 is 15.0 Å². The molecule has 0 spiro atoms. The van der Waals surface area contributed by atoms with Crippen LogP contribution in [0.4, 0.5) is 14.9 Å². The summed E-state index contributed by atoms with van der Waals surface area (Å²) >= 11 is 0. The number of rotatable bonds is 2. The minimum Gasteiger partial charge on any atom is -0.444 e. The van der Waals surface area contributed by atoms with E-state index in [4.69, 9.17) is 4.74 Å². The highest BCUT2D eigenvalue weighted by Crippen LogP contribution is 2.24. The Bertz CT molecular complexity index is 532. The first-order valence-electron chi connectivity index (χ1n) is 7.75. The third-order valence-electron chi connectivity index (χ3n) is 3.66. The van der Waals surface area contributed by atoms with E-state index in [1.165, 1.54) is 0 Å². The van der Waals surface area contributed by atoms with Gasteiger partial charge in [0.2, 0.25) is 0 Å². The second-order valence-electron chi connectivity index (χ2n) is 6.86. The van der Waals surface area contributed by atoms with E-state index < -0.39 is 5.60 Å². The van der Waals surface area contributed by atoms with Crippen molar-refractivity contribution in [1.82, 2.24) is 5.32 Å². The van der Waals surface area contributed by atoms with Gasteiger partial charge in [-0.15, -0.1) is 0 Å². The van der Waals surface area contributed by atoms with Gasteiger partial charge in [-0.3, -0.25) is 0 Å². The SMILES string of the molecule is Cc1ccc(N2CCC(NC(=O)OC(C)(C)C)CC2)c(F)c1. The summed E-state index contributed by atoms with van der Waals surface area (Å²) in [5.41, 5.74) is 1.07. The van der Waals surface area contributed by atoms with E-state index in [-0.39, 0.29) is 18.0 Å². The number of nitrogens with one attached hydrogen (secondary N) is 1. The third kappa shape index (κ3) is 4.61. The lowest BCUT2D eigenvalue weighted by atomic mass is 10.0. The van der Waals surface area contributed by atoms with Crippen molar-refractivity contribution in [2.75, 3.05) is 18.0 Å². The molecule has 1 amide bonds. The maximum atomic E-state index is 14.0. The number of aryl methyl sites for hydroxylation is 1. The first kappa shape index (κ1) is 16.6. The molecular formula is C17H25FN2O2. The van der Waals surface area contributed by atoms with Gasteiger partial charge in [0.1, 0.15) is 11.4 Å². The topological polar surface area (TPSA) is 41.6 Å². The Morgan fingerprint density at radius 3 is 2.50 bits per heavy atom. The van der Waals surface area contributed by atoms with Gasteiger partial charge in [0, 0.05) is 19.1 Å². The number of benzene rings is 1. The molecule has 1 aromatic carbocycles. The molecule has 0 unspecified atom stereocenters. The zero-order valence-electron chi connectivity index (χ0n) is 13.8. The van der Waals surface area contributed by atoms with Crippen molar-refractivity contribution in [2.24, 2.45) is 0 Å². The number of hydrogen-bond acceptors (Lipinski definition) is 3. The Balaban J connectivity index is 1.86. The summed E-state index contributed by atoms with van der Waals surface area (Å²) in [6.45, 7) is 8.85. The van der Waals surface area contributed by atoms with Gasteiger partial charge in [0.25, 0.3) is 0 Å². The number of halogens is 1. The molecule has 122 valence electrons. The highest BCUT2D eigenvalue weighted by atomic mass is 19.1. The molecule has 1 N–H and O–H groups in total. The Labute approximate surface area is 131 Å². The van der Waals surface area contributed by atoms with Crippen molar-refractivity contribution in [3.8, 4) is 0 Å². The number of carbonyl (C=O) groups excluding carboxylic acids is 1. The van der Waals surface area contributed by atoms with Crippen molar-refractivity contribution >= 4 is 11.8 Å². The number of ether oxygens (including phenoxy) is 1. The second kappa shape index (κ2) is 6.55. The monoisotopic (exact) mass is 308 g/mol. The molecule has 0 saturated carbocycles. The quantitative estimate of drug-likeness (QED) is 0.907. The van der Waals surface area contributed by atoms with Crippen LogP contribution in [-0.2, 0) is 4.74 Å². The molecule has 22 heavy (non-hydrogen) atoms. The maximum Gasteiger partial charge on any atom is 0.407 e. The van der Waals surface area contributed by atoms with Crippen LogP contribution in [0.15, 0.2) is 18.2 Å². The Morgan fingerprint density at radius 2 is 1.95 bits per heavy atom. The van der Waals surface area contributed by atoms with E-state index in [2.05, 4.69) is 5.32 Å². The third-order valence-corrected chi connectivity index (χ3v) is 3.66. The normalized spacial score (nSPS) is 16.5. The van der Waals surface area contributed by atoms with Crippen molar-refractivity contribution in [3.63, 3.8) is 0 Å². The molecule has 1 heterocycles. The molecule has 0 atom stereocenters. The zero-order valence-corrected chi connectivity index (χ0v) is 13.8. The lowest BCUT2D eigenvalue weighted by molar-refractivity contribution is 0.0497. The van der Waals surface area contributed by atoms with Crippen LogP contribution >= 0.6 is 0 Å². The van der Waals surface area contributed by atoms with E-state index in [1.54, 1.807) is 6.07 Å². The highest BCUT2D eigenvalue weighted by molar-refractivity contribution is 5.68. The predicted molar refractivity (Wildman–Crippen MR) is 85.7 cm³/mol. The van der Waals surface area contributed by atoms with Gasteiger partial charge in [-0.05, 0) is 58.2 Å². The second-order valence-corrected chi connectivity index (χ2v) is 6.86. The lowest BCUT2D eigenvalue weighted by Gasteiger charge is -2.34. The molecule has 0 aliphatic carbocycles. The van der Waals surface area contributed by atoms with Crippen molar-refractivity contribution < 1.29 is 13.9 Å². The van der Waals surface area contributed by atoms with Crippen molar-refractivity contribution in [1.29, 1.82) is 0 Å². The highest BCUT2D eigenvalue weighted by Gasteiger charge is 2.24. The van der Waals surface area contributed by atoms with Gasteiger partial charge in [0.15, 0.2) is 0 Å². The standard InChI is InChI=1S/C17H25FN2O2/c1-12-5-6-15(14(18)11-12)20-9-7-13(8-10-20)19-16(21)22-17(2,3)4/h5-6,11,13H,7-10H2,1-4H3,(H,19,21). The molecule has 1 saturated heterocycles. The molecule has 4 nitrogen and oxygen atoms in total. The first-order valence-corrected chi connectivity index (χ1v) is 7.75. The minimum atomic E-state index is -0.490. The predicted octanol–water partition coefficient (Wildman–Crippen LogP) is 3.63. The Hall–Kier alpha value is -1.78. The van der Waals surface area contributed by atoms with Crippen molar-refractivity contribution in [2.45, 2.75) is 52.2 Å². The molecule has 0 bridgehead atoms. The minimum absolute atomic E-state index is 0.0830.